The average Bonchev–Trinajstić information content (AvgIpc) is 3.04. The number of anilines is 2. The van der Waals surface area contributed by atoms with Crippen LogP contribution in [0.5, 0.6) is 0 Å². The Morgan fingerprint density at radius 1 is 1.13 bits per heavy atom. The van der Waals surface area contributed by atoms with Crippen molar-refractivity contribution in [1.29, 1.82) is 0 Å². The van der Waals surface area contributed by atoms with E-state index >= 15 is 0 Å². The number of likely N-dealkylation sites (tertiary alicyclic amines) is 1. The van der Waals surface area contributed by atoms with Crippen molar-refractivity contribution in [2.75, 3.05) is 18.4 Å². The van der Waals surface area contributed by atoms with E-state index in [-0.39, 0.29) is 11.8 Å². The summed E-state index contributed by atoms with van der Waals surface area (Å²) in [5.41, 5.74) is 3.78. The zero-order valence-corrected chi connectivity index (χ0v) is 18.0. The SMILES string of the molecule is Cc1nn(C)c(C)c1/C=C/C(=O)N1CCC[C@@H](c2nccnc2Nc2ncccn2)C1. The first-order valence-electron chi connectivity index (χ1n) is 10.3. The minimum Gasteiger partial charge on any atom is -0.338 e. The molecule has 1 atom stereocenters. The van der Waals surface area contributed by atoms with Crippen LogP contribution in [0, 0.1) is 13.8 Å². The molecule has 160 valence electrons. The molecule has 1 N–H and O–H groups in total. The van der Waals surface area contributed by atoms with E-state index in [0.29, 0.717) is 18.3 Å². The molecule has 0 spiro atoms. The Balaban J connectivity index is 1.49. The molecule has 4 rings (SSSR count). The van der Waals surface area contributed by atoms with Gasteiger partial charge in [-0.25, -0.2) is 15.0 Å². The van der Waals surface area contributed by atoms with Crippen LogP contribution in [0.15, 0.2) is 36.9 Å². The molecular formula is C22H26N8O. The van der Waals surface area contributed by atoms with Gasteiger partial charge >= 0.3 is 0 Å². The minimum absolute atomic E-state index is 0.00264. The summed E-state index contributed by atoms with van der Waals surface area (Å²) in [5, 5.41) is 7.56. The van der Waals surface area contributed by atoms with E-state index in [4.69, 9.17) is 0 Å². The van der Waals surface area contributed by atoms with Gasteiger partial charge in [0.1, 0.15) is 0 Å². The monoisotopic (exact) mass is 418 g/mol. The number of aryl methyl sites for hydroxylation is 2. The average molecular weight is 419 g/mol. The van der Waals surface area contributed by atoms with Gasteiger partial charge in [-0.3, -0.25) is 14.5 Å². The van der Waals surface area contributed by atoms with Crippen LogP contribution in [-0.2, 0) is 11.8 Å². The second-order valence-corrected chi connectivity index (χ2v) is 7.65. The van der Waals surface area contributed by atoms with E-state index in [0.717, 1.165) is 42.0 Å². The van der Waals surface area contributed by atoms with Gasteiger partial charge in [0.25, 0.3) is 0 Å². The highest BCUT2D eigenvalue weighted by Crippen LogP contribution is 2.30. The molecule has 1 amide bonds. The van der Waals surface area contributed by atoms with Gasteiger partial charge < -0.3 is 10.2 Å². The van der Waals surface area contributed by atoms with Crippen molar-refractivity contribution in [3.63, 3.8) is 0 Å². The standard InChI is InChI=1S/C22H26N8O/c1-15-18(16(2)29(3)28-15)7-8-19(31)30-13-4-6-17(14-30)20-21(24-12-11-23-20)27-22-25-9-5-10-26-22/h5,7-12,17H,4,6,13-14H2,1-3H3,(H,24,25,26,27)/b8-7+/t17-/m1/s1. The molecule has 4 heterocycles. The maximum absolute atomic E-state index is 12.9. The number of carbonyl (C=O) groups is 1. The van der Waals surface area contributed by atoms with E-state index in [9.17, 15) is 4.79 Å². The van der Waals surface area contributed by atoms with Gasteiger partial charge in [-0.2, -0.15) is 5.10 Å². The molecule has 0 bridgehead atoms. The first-order chi connectivity index (χ1) is 15.0. The van der Waals surface area contributed by atoms with Crippen molar-refractivity contribution in [2.45, 2.75) is 32.6 Å². The van der Waals surface area contributed by atoms with Crippen LogP contribution in [0.2, 0.25) is 0 Å². The summed E-state index contributed by atoms with van der Waals surface area (Å²) in [6, 6.07) is 1.76. The van der Waals surface area contributed by atoms with Crippen molar-refractivity contribution < 1.29 is 4.79 Å². The van der Waals surface area contributed by atoms with Gasteiger partial charge in [0, 0.05) is 68.2 Å². The molecule has 0 aromatic carbocycles. The smallest absolute Gasteiger partial charge is 0.246 e. The first kappa shape index (κ1) is 20.6. The molecule has 31 heavy (non-hydrogen) atoms. The molecular weight excluding hydrogens is 392 g/mol. The lowest BCUT2D eigenvalue weighted by atomic mass is 9.94. The van der Waals surface area contributed by atoms with E-state index in [1.54, 1.807) is 36.9 Å². The van der Waals surface area contributed by atoms with Gasteiger partial charge in [0.15, 0.2) is 5.82 Å². The predicted molar refractivity (Wildman–Crippen MR) is 118 cm³/mol. The molecule has 3 aromatic heterocycles. The molecule has 9 heteroatoms. The van der Waals surface area contributed by atoms with Crippen LogP contribution in [0.3, 0.4) is 0 Å². The van der Waals surface area contributed by atoms with E-state index in [2.05, 4.69) is 30.4 Å². The molecule has 1 aliphatic rings. The maximum atomic E-state index is 12.9. The molecule has 1 fully saturated rings. The number of amides is 1. The topological polar surface area (TPSA) is 102 Å². The minimum atomic E-state index is -0.00264. The summed E-state index contributed by atoms with van der Waals surface area (Å²) in [6.07, 6.45) is 12.0. The number of nitrogens with zero attached hydrogens (tertiary/aromatic N) is 7. The van der Waals surface area contributed by atoms with Crippen molar-refractivity contribution in [2.24, 2.45) is 7.05 Å². The zero-order chi connectivity index (χ0) is 21.8. The maximum Gasteiger partial charge on any atom is 0.246 e. The third-order valence-corrected chi connectivity index (χ3v) is 5.60. The highest BCUT2D eigenvalue weighted by atomic mass is 16.2. The highest BCUT2D eigenvalue weighted by molar-refractivity contribution is 5.92. The largest absolute Gasteiger partial charge is 0.338 e. The van der Waals surface area contributed by atoms with Crippen molar-refractivity contribution in [3.05, 3.63) is 59.6 Å². The fourth-order valence-electron chi connectivity index (χ4n) is 3.91. The number of nitrogens with one attached hydrogen (secondary N) is 1. The second kappa shape index (κ2) is 9.03. The van der Waals surface area contributed by atoms with E-state index in [1.807, 2.05) is 36.6 Å². The van der Waals surface area contributed by atoms with Crippen LogP contribution < -0.4 is 5.32 Å². The van der Waals surface area contributed by atoms with Gasteiger partial charge in [-0.1, -0.05) is 0 Å². The second-order valence-electron chi connectivity index (χ2n) is 7.65. The summed E-state index contributed by atoms with van der Waals surface area (Å²) in [5.74, 6) is 1.19. The zero-order valence-electron chi connectivity index (χ0n) is 18.0. The number of hydrogen-bond donors (Lipinski definition) is 1. The Morgan fingerprint density at radius 2 is 1.90 bits per heavy atom. The number of rotatable bonds is 5. The fourth-order valence-corrected chi connectivity index (χ4v) is 3.91. The number of piperidine rings is 1. The van der Waals surface area contributed by atoms with E-state index < -0.39 is 0 Å². The fraction of sp³-hybridized carbons (Fsp3) is 0.364. The van der Waals surface area contributed by atoms with Crippen molar-refractivity contribution in [3.8, 4) is 0 Å². The van der Waals surface area contributed by atoms with Crippen LogP contribution >= 0.6 is 0 Å². The Bertz CT molecular complexity index is 1090. The number of carbonyl (C=O) groups excluding carboxylic acids is 1. The highest BCUT2D eigenvalue weighted by Gasteiger charge is 2.27. The summed E-state index contributed by atoms with van der Waals surface area (Å²) in [6.45, 7) is 5.28. The van der Waals surface area contributed by atoms with Crippen LogP contribution in [0.25, 0.3) is 6.08 Å². The lowest BCUT2D eigenvalue weighted by molar-refractivity contribution is -0.127. The lowest BCUT2D eigenvalue weighted by Crippen LogP contribution is -2.38. The summed E-state index contributed by atoms with van der Waals surface area (Å²) >= 11 is 0. The summed E-state index contributed by atoms with van der Waals surface area (Å²) < 4.78 is 1.83. The quantitative estimate of drug-likeness (QED) is 0.636. The molecule has 9 nitrogen and oxygen atoms in total. The van der Waals surface area contributed by atoms with Gasteiger partial charge in [-0.05, 0) is 38.8 Å². The third kappa shape index (κ3) is 4.60. The van der Waals surface area contributed by atoms with Crippen molar-refractivity contribution >= 4 is 23.7 Å². The third-order valence-electron chi connectivity index (χ3n) is 5.60. The van der Waals surface area contributed by atoms with E-state index in [1.165, 1.54) is 0 Å². The molecule has 0 radical (unpaired) electrons. The molecule has 0 aliphatic carbocycles. The van der Waals surface area contributed by atoms with Gasteiger partial charge in [-0.15, -0.1) is 0 Å². The summed E-state index contributed by atoms with van der Waals surface area (Å²) in [4.78, 5) is 32.2. The number of aromatic nitrogens is 6. The molecule has 3 aromatic rings. The van der Waals surface area contributed by atoms with Crippen LogP contribution in [0.4, 0.5) is 11.8 Å². The Kier molecular flexibility index (Phi) is 6.01. The summed E-state index contributed by atoms with van der Waals surface area (Å²) in [7, 11) is 1.91. The molecule has 0 saturated carbocycles. The van der Waals surface area contributed by atoms with Gasteiger partial charge in [0.05, 0.1) is 11.4 Å². The molecule has 1 saturated heterocycles. The molecule has 0 unspecified atom stereocenters. The normalized spacial score (nSPS) is 16.6. The van der Waals surface area contributed by atoms with Crippen LogP contribution in [0.1, 0.15) is 41.4 Å². The Labute approximate surface area is 181 Å². The number of hydrogen-bond acceptors (Lipinski definition) is 7. The Morgan fingerprint density at radius 3 is 2.65 bits per heavy atom. The lowest BCUT2D eigenvalue weighted by Gasteiger charge is -2.32. The first-order valence-corrected chi connectivity index (χ1v) is 10.3. The Hall–Kier alpha value is -3.62. The van der Waals surface area contributed by atoms with Gasteiger partial charge in [0.2, 0.25) is 11.9 Å². The predicted octanol–water partition coefficient (Wildman–Crippen LogP) is 2.78. The van der Waals surface area contributed by atoms with Crippen LogP contribution in [-0.4, -0.2) is 53.6 Å². The van der Waals surface area contributed by atoms with Crippen molar-refractivity contribution in [1.82, 2.24) is 34.6 Å². The molecule has 1 aliphatic heterocycles.